The number of halogens is 1. The predicted octanol–water partition coefficient (Wildman–Crippen LogP) is 5.06. The summed E-state index contributed by atoms with van der Waals surface area (Å²) in [4.78, 5) is 4.37. The summed E-state index contributed by atoms with van der Waals surface area (Å²) in [5.41, 5.74) is 1.59. The van der Waals surface area contributed by atoms with Crippen LogP contribution in [-0.2, 0) is 0 Å². The minimum absolute atomic E-state index is 0.185. The van der Waals surface area contributed by atoms with Gasteiger partial charge in [0.15, 0.2) is 0 Å². The summed E-state index contributed by atoms with van der Waals surface area (Å²) in [6, 6.07) is 19.2. The summed E-state index contributed by atoms with van der Waals surface area (Å²) >= 11 is 3.55. The third-order valence-corrected chi connectivity index (χ3v) is 3.82. The van der Waals surface area contributed by atoms with Crippen molar-refractivity contribution in [3.05, 3.63) is 70.7 Å². The van der Waals surface area contributed by atoms with Gasteiger partial charge in [-0.15, -0.1) is 0 Å². The van der Waals surface area contributed by atoms with Crippen molar-refractivity contribution >= 4 is 38.6 Å². The second-order valence-electron chi connectivity index (χ2n) is 4.43. The molecule has 3 aromatic rings. The maximum absolute atomic E-state index is 9.72. The normalized spacial score (nSPS) is 11.2. The van der Waals surface area contributed by atoms with E-state index in [0.717, 1.165) is 20.8 Å². The average Bonchev–Trinajstić information content (AvgIpc) is 2.48. The number of hydrogen-bond donors (Lipinski definition) is 1. The molecule has 3 heteroatoms. The smallest absolute Gasteiger partial charge is 0.141 e. The first-order valence-corrected chi connectivity index (χ1v) is 7.04. The summed E-state index contributed by atoms with van der Waals surface area (Å²) in [6.07, 6.45) is 1.78. The predicted molar refractivity (Wildman–Crippen MR) is 87.0 cm³/mol. The highest BCUT2D eigenvalue weighted by Gasteiger charge is 2.02. The Hall–Kier alpha value is -2.13. The second-order valence-corrected chi connectivity index (χ2v) is 5.28. The number of para-hydroxylation sites is 2. The summed E-state index contributed by atoms with van der Waals surface area (Å²) in [5.74, 6) is 0.185. The van der Waals surface area contributed by atoms with E-state index >= 15 is 0 Å². The van der Waals surface area contributed by atoms with Gasteiger partial charge in [-0.2, -0.15) is 0 Å². The van der Waals surface area contributed by atoms with E-state index in [1.807, 2.05) is 30.3 Å². The fourth-order valence-electron chi connectivity index (χ4n) is 2.11. The molecule has 0 aliphatic heterocycles. The van der Waals surface area contributed by atoms with E-state index in [4.69, 9.17) is 0 Å². The molecule has 3 aromatic carbocycles. The maximum Gasteiger partial charge on any atom is 0.141 e. The van der Waals surface area contributed by atoms with Crippen LogP contribution in [0.15, 0.2) is 70.1 Å². The Morgan fingerprint density at radius 1 is 0.850 bits per heavy atom. The molecule has 2 nitrogen and oxygen atoms in total. The van der Waals surface area contributed by atoms with Crippen molar-refractivity contribution < 1.29 is 5.11 Å². The Bertz CT molecular complexity index is 796. The lowest BCUT2D eigenvalue weighted by Crippen LogP contribution is -1.85. The Morgan fingerprint density at radius 3 is 2.35 bits per heavy atom. The van der Waals surface area contributed by atoms with Crippen LogP contribution in [0.1, 0.15) is 5.56 Å². The molecule has 20 heavy (non-hydrogen) atoms. The molecule has 0 heterocycles. The van der Waals surface area contributed by atoms with Crippen LogP contribution in [0, 0.1) is 0 Å². The van der Waals surface area contributed by atoms with Gasteiger partial charge in [-0.1, -0.05) is 58.4 Å². The van der Waals surface area contributed by atoms with Gasteiger partial charge < -0.3 is 5.11 Å². The van der Waals surface area contributed by atoms with Gasteiger partial charge in [0, 0.05) is 16.3 Å². The van der Waals surface area contributed by atoms with E-state index in [-0.39, 0.29) is 5.75 Å². The first-order chi connectivity index (χ1) is 9.75. The fourth-order valence-corrected chi connectivity index (χ4v) is 2.59. The zero-order valence-electron chi connectivity index (χ0n) is 10.6. The molecule has 0 fully saturated rings. The summed E-state index contributed by atoms with van der Waals surface area (Å²) in [7, 11) is 0. The molecule has 0 aromatic heterocycles. The largest absolute Gasteiger partial charge is 0.506 e. The minimum Gasteiger partial charge on any atom is -0.506 e. The van der Waals surface area contributed by atoms with Gasteiger partial charge in [-0.25, -0.2) is 0 Å². The van der Waals surface area contributed by atoms with Crippen molar-refractivity contribution in [1.82, 2.24) is 0 Å². The topological polar surface area (TPSA) is 32.6 Å². The molecule has 0 spiro atoms. The average molecular weight is 326 g/mol. The van der Waals surface area contributed by atoms with Gasteiger partial charge in [0.1, 0.15) is 11.4 Å². The van der Waals surface area contributed by atoms with Crippen LogP contribution in [-0.4, -0.2) is 11.3 Å². The molecule has 0 amide bonds. The molecule has 0 bridgehead atoms. The Labute approximate surface area is 125 Å². The van der Waals surface area contributed by atoms with Crippen molar-refractivity contribution in [1.29, 1.82) is 0 Å². The molecule has 1 N–H and O–H groups in total. The SMILES string of the molecule is Oc1ccccc1N=Cc1ccc(Br)c2ccccc12. The highest BCUT2D eigenvalue weighted by atomic mass is 79.9. The van der Waals surface area contributed by atoms with E-state index in [2.05, 4.69) is 33.1 Å². The van der Waals surface area contributed by atoms with E-state index < -0.39 is 0 Å². The van der Waals surface area contributed by atoms with Gasteiger partial charge in [-0.05, 0) is 29.0 Å². The van der Waals surface area contributed by atoms with Gasteiger partial charge in [0.25, 0.3) is 0 Å². The summed E-state index contributed by atoms with van der Waals surface area (Å²) in [6.45, 7) is 0. The Morgan fingerprint density at radius 2 is 1.55 bits per heavy atom. The minimum atomic E-state index is 0.185. The lowest BCUT2D eigenvalue weighted by molar-refractivity contribution is 0.477. The molecule has 98 valence electrons. The number of nitrogens with zero attached hydrogens (tertiary/aromatic N) is 1. The van der Waals surface area contributed by atoms with Crippen molar-refractivity contribution in [3.8, 4) is 5.75 Å². The number of benzene rings is 3. The van der Waals surface area contributed by atoms with Crippen LogP contribution >= 0.6 is 15.9 Å². The van der Waals surface area contributed by atoms with Crippen molar-refractivity contribution in [2.75, 3.05) is 0 Å². The second kappa shape index (κ2) is 5.47. The highest BCUT2D eigenvalue weighted by molar-refractivity contribution is 9.10. The Kier molecular flexibility index (Phi) is 3.52. The monoisotopic (exact) mass is 325 g/mol. The van der Waals surface area contributed by atoms with Crippen LogP contribution in [0.4, 0.5) is 5.69 Å². The number of fused-ring (bicyclic) bond motifs is 1. The van der Waals surface area contributed by atoms with E-state index in [1.165, 1.54) is 0 Å². The van der Waals surface area contributed by atoms with Gasteiger partial charge in [-0.3, -0.25) is 4.99 Å². The van der Waals surface area contributed by atoms with Gasteiger partial charge in [0.2, 0.25) is 0 Å². The number of hydrogen-bond acceptors (Lipinski definition) is 2. The standard InChI is InChI=1S/C17H12BrNO/c18-15-10-9-12(13-5-1-2-6-14(13)15)11-19-16-7-3-4-8-17(16)20/h1-11,20H. The molecule has 0 radical (unpaired) electrons. The van der Waals surface area contributed by atoms with Crippen LogP contribution in [0.3, 0.4) is 0 Å². The Balaban J connectivity index is 2.08. The van der Waals surface area contributed by atoms with Crippen LogP contribution in [0.2, 0.25) is 0 Å². The van der Waals surface area contributed by atoms with Gasteiger partial charge in [0.05, 0.1) is 0 Å². The first kappa shape index (κ1) is 12.9. The third kappa shape index (κ3) is 2.45. The fraction of sp³-hybridized carbons (Fsp3) is 0. The molecular formula is C17H12BrNO. The van der Waals surface area contributed by atoms with Crippen LogP contribution in [0.5, 0.6) is 5.75 Å². The first-order valence-electron chi connectivity index (χ1n) is 6.25. The molecular weight excluding hydrogens is 314 g/mol. The lowest BCUT2D eigenvalue weighted by atomic mass is 10.1. The lowest BCUT2D eigenvalue weighted by Gasteiger charge is -2.04. The zero-order valence-corrected chi connectivity index (χ0v) is 12.2. The molecule has 0 aliphatic rings. The van der Waals surface area contributed by atoms with Crippen molar-refractivity contribution in [2.45, 2.75) is 0 Å². The molecule has 0 saturated heterocycles. The van der Waals surface area contributed by atoms with E-state index in [1.54, 1.807) is 24.4 Å². The molecule has 0 saturated carbocycles. The van der Waals surface area contributed by atoms with Crippen LogP contribution < -0.4 is 0 Å². The third-order valence-electron chi connectivity index (χ3n) is 3.13. The van der Waals surface area contributed by atoms with Crippen molar-refractivity contribution in [3.63, 3.8) is 0 Å². The molecule has 0 unspecified atom stereocenters. The van der Waals surface area contributed by atoms with Crippen LogP contribution in [0.25, 0.3) is 10.8 Å². The number of phenols is 1. The quantitative estimate of drug-likeness (QED) is 0.656. The number of aliphatic imine (C=N–C) groups is 1. The number of phenolic OH excluding ortho intramolecular Hbond substituents is 1. The maximum atomic E-state index is 9.72. The van der Waals surface area contributed by atoms with Gasteiger partial charge >= 0.3 is 0 Å². The molecule has 3 rings (SSSR count). The zero-order chi connectivity index (χ0) is 13.9. The van der Waals surface area contributed by atoms with Crippen molar-refractivity contribution in [2.24, 2.45) is 4.99 Å². The van der Waals surface area contributed by atoms with E-state index in [9.17, 15) is 5.11 Å². The molecule has 0 aliphatic carbocycles. The molecule has 0 atom stereocenters. The number of aromatic hydroxyl groups is 1. The highest BCUT2D eigenvalue weighted by Crippen LogP contribution is 2.28. The van der Waals surface area contributed by atoms with E-state index in [0.29, 0.717) is 5.69 Å². The summed E-state index contributed by atoms with van der Waals surface area (Å²) < 4.78 is 1.06. The number of rotatable bonds is 2. The summed E-state index contributed by atoms with van der Waals surface area (Å²) in [5, 5.41) is 12.0.